The number of halogens is 2. The van der Waals surface area contributed by atoms with E-state index in [1.165, 1.54) is 7.11 Å². The number of nitriles is 1. The largest absolute Gasteiger partial charge is 0.469 e. The van der Waals surface area contributed by atoms with Gasteiger partial charge in [0.1, 0.15) is 6.07 Å². The van der Waals surface area contributed by atoms with Crippen LogP contribution in [0.2, 0.25) is 0 Å². The predicted octanol–water partition coefficient (Wildman–Crippen LogP) is 2.78. The molecule has 0 N–H and O–H groups in total. The van der Waals surface area contributed by atoms with Gasteiger partial charge in [-0.25, -0.2) is 0 Å². The number of benzene rings is 1. The van der Waals surface area contributed by atoms with Crippen molar-refractivity contribution in [2.75, 3.05) is 7.11 Å². The van der Waals surface area contributed by atoms with Crippen molar-refractivity contribution < 1.29 is 9.53 Å². The molecular formula is C11H9BrClNO2. The number of hydrogen-bond donors (Lipinski definition) is 0. The summed E-state index contributed by atoms with van der Waals surface area (Å²) in [5.41, 5.74) is 1.86. The lowest BCUT2D eigenvalue weighted by atomic mass is 10.0. The summed E-state index contributed by atoms with van der Waals surface area (Å²) in [5.74, 6) is -0.160. The maximum atomic E-state index is 11.2. The molecule has 1 rings (SSSR count). The maximum Gasteiger partial charge on any atom is 0.309 e. The molecule has 1 aromatic carbocycles. The molecular weight excluding hydrogens is 293 g/mol. The van der Waals surface area contributed by atoms with E-state index >= 15 is 0 Å². The lowest BCUT2D eigenvalue weighted by Crippen LogP contribution is -2.07. The topological polar surface area (TPSA) is 50.1 Å². The third kappa shape index (κ3) is 2.75. The Kier molecular flexibility index (Phi) is 4.78. The molecule has 0 heterocycles. The number of carbonyl (C=O) groups excluding carboxylic acids is 1. The number of alkyl halides is 1. The highest BCUT2D eigenvalue weighted by Crippen LogP contribution is 2.25. The fourth-order valence-electron chi connectivity index (χ4n) is 1.33. The molecule has 0 amide bonds. The van der Waals surface area contributed by atoms with Gasteiger partial charge < -0.3 is 4.74 Å². The van der Waals surface area contributed by atoms with Crippen LogP contribution in [0.15, 0.2) is 16.6 Å². The number of esters is 1. The Bertz CT molecular complexity index is 454. The van der Waals surface area contributed by atoms with Crippen LogP contribution >= 0.6 is 27.5 Å². The van der Waals surface area contributed by atoms with Crippen LogP contribution in [0.25, 0.3) is 0 Å². The Labute approximate surface area is 107 Å². The van der Waals surface area contributed by atoms with E-state index in [1.807, 2.05) is 0 Å². The Balaban J connectivity index is 3.21. The van der Waals surface area contributed by atoms with Gasteiger partial charge in [0.15, 0.2) is 0 Å². The van der Waals surface area contributed by atoms with Crippen LogP contribution < -0.4 is 0 Å². The third-order valence-corrected chi connectivity index (χ3v) is 3.10. The first-order chi connectivity index (χ1) is 7.63. The summed E-state index contributed by atoms with van der Waals surface area (Å²) < 4.78 is 5.26. The van der Waals surface area contributed by atoms with E-state index in [1.54, 1.807) is 12.1 Å². The number of ether oxygens (including phenoxy) is 1. The first-order valence-corrected chi connectivity index (χ1v) is 5.80. The zero-order valence-corrected chi connectivity index (χ0v) is 10.9. The first-order valence-electron chi connectivity index (χ1n) is 4.47. The molecule has 84 valence electrons. The highest BCUT2D eigenvalue weighted by Gasteiger charge is 2.13. The fourth-order valence-corrected chi connectivity index (χ4v) is 2.09. The van der Waals surface area contributed by atoms with Crippen molar-refractivity contribution in [1.29, 1.82) is 5.26 Å². The molecule has 0 atom stereocenters. The van der Waals surface area contributed by atoms with Gasteiger partial charge in [-0.2, -0.15) is 5.26 Å². The van der Waals surface area contributed by atoms with Crippen LogP contribution in [0, 0.1) is 11.3 Å². The number of nitrogens with zero attached hydrogens (tertiary/aromatic N) is 1. The van der Waals surface area contributed by atoms with Crippen molar-refractivity contribution in [1.82, 2.24) is 0 Å². The van der Waals surface area contributed by atoms with Crippen LogP contribution in [0.5, 0.6) is 0 Å². The number of methoxy groups -OCH3 is 1. The average Bonchev–Trinajstić information content (AvgIpc) is 2.30. The van der Waals surface area contributed by atoms with Crippen molar-refractivity contribution in [3.05, 3.63) is 33.3 Å². The summed E-state index contributed by atoms with van der Waals surface area (Å²) in [6.45, 7) is 0. The molecule has 0 bridgehead atoms. The number of rotatable bonds is 3. The second-order valence-corrected chi connectivity index (χ2v) is 4.18. The normalized spacial score (nSPS) is 9.62. The second kappa shape index (κ2) is 5.88. The number of hydrogen-bond acceptors (Lipinski definition) is 3. The molecule has 0 aromatic heterocycles. The Morgan fingerprint density at radius 1 is 1.62 bits per heavy atom. The van der Waals surface area contributed by atoms with Crippen LogP contribution in [-0.2, 0) is 21.8 Å². The SMILES string of the molecule is COC(=O)Cc1ccc(Br)c(C#N)c1CCl. The van der Waals surface area contributed by atoms with Gasteiger partial charge in [-0.1, -0.05) is 6.07 Å². The standard InChI is InChI=1S/C11H9BrClNO2/c1-16-11(15)4-7-2-3-10(12)9(6-14)8(7)5-13/h2-3H,4-5H2,1H3. The Hall–Kier alpha value is -1.05. The zero-order valence-electron chi connectivity index (χ0n) is 8.59. The average molecular weight is 303 g/mol. The van der Waals surface area contributed by atoms with Crippen molar-refractivity contribution in [3.63, 3.8) is 0 Å². The Morgan fingerprint density at radius 3 is 2.81 bits per heavy atom. The molecule has 0 aliphatic rings. The summed E-state index contributed by atoms with van der Waals surface area (Å²) in [5, 5.41) is 8.99. The molecule has 0 aliphatic carbocycles. The van der Waals surface area contributed by atoms with Crippen molar-refractivity contribution in [3.8, 4) is 6.07 Å². The Morgan fingerprint density at radius 2 is 2.31 bits per heavy atom. The van der Waals surface area contributed by atoms with E-state index < -0.39 is 0 Å². The molecule has 1 aromatic rings. The predicted molar refractivity (Wildman–Crippen MR) is 64.1 cm³/mol. The zero-order chi connectivity index (χ0) is 12.1. The first kappa shape index (κ1) is 13.0. The van der Waals surface area contributed by atoms with E-state index in [9.17, 15) is 4.79 Å². The fraction of sp³-hybridized carbons (Fsp3) is 0.273. The molecule has 0 unspecified atom stereocenters. The van der Waals surface area contributed by atoms with Crippen molar-refractivity contribution in [2.24, 2.45) is 0 Å². The maximum absolute atomic E-state index is 11.2. The molecule has 0 spiro atoms. The summed E-state index contributed by atoms with van der Waals surface area (Å²) in [6, 6.07) is 5.56. The molecule has 16 heavy (non-hydrogen) atoms. The minimum absolute atomic E-state index is 0.126. The van der Waals surface area contributed by atoms with Gasteiger partial charge in [-0.15, -0.1) is 11.6 Å². The van der Waals surface area contributed by atoms with Gasteiger partial charge >= 0.3 is 5.97 Å². The van der Waals surface area contributed by atoms with E-state index in [4.69, 9.17) is 16.9 Å². The van der Waals surface area contributed by atoms with Crippen molar-refractivity contribution >= 4 is 33.5 Å². The smallest absolute Gasteiger partial charge is 0.309 e. The van der Waals surface area contributed by atoms with Crippen molar-refractivity contribution in [2.45, 2.75) is 12.3 Å². The lowest BCUT2D eigenvalue weighted by Gasteiger charge is -2.09. The molecule has 5 heteroatoms. The second-order valence-electron chi connectivity index (χ2n) is 3.06. The minimum Gasteiger partial charge on any atom is -0.469 e. The molecule has 0 fully saturated rings. The third-order valence-electron chi connectivity index (χ3n) is 2.17. The van der Waals surface area contributed by atoms with Gasteiger partial charge in [0.2, 0.25) is 0 Å². The van der Waals surface area contributed by atoms with Gasteiger partial charge in [0.25, 0.3) is 0 Å². The molecule has 0 radical (unpaired) electrons. The number of carbonyl (C=O) groups is 1. The molecule has 0 aliphatic heterocycles. The molecule has 3 nitrogen and oxygen atoms in total. The minimum atomic E-state index is -0.349. The van der Waals surface area contributed by atoms with Gasteiger partial charge in [-0.05, 0) is 33.1 Å². The van der Waals surface area contributed by atoms with E-state index in [0.717, 1.165) is 5.56 Å². The molecule has 0 saturated carbocycles. The van der Waals surface area contributed by atoms with E-state index in [-0.39, 0.29) is 18.3 Å². The van der Waals surface area contributed by atoms with Gasteiger partial charge in [-0.3, -0.25) is 4.79 Å². The highest BCUT2D eigenvalue weighted by atomic mass is 79.9. The quantitative estimate of drug-likeness (QED) is 0.637. The van der Waals surface area contributed by atoms with E-state index in [2.05, 4.69) is 26.7 Å². The summed E-state index contributed by atoms with van der Waals surface area (Å²) >= 11 is 9.06. The van der Waals surface area contributed by atoms with Crippen LogP contribution in [0.4, 0.5) is 0 Å². The van der Waals surface area contributed by atoms with Crippen LogP contribution in [-0.4, -0.2) is 13.1 Å². The highest BCUT2D eigenvalue weighted by molar-refractivity contribution is 9.10. The summed E-state index contributed by atoms with van der Waals surface area (Å²) in [7, 11) is 1.33. The summed E-state index contributed by atoms with van der Waals surface area (Å²) in [6.07, 6.45) is 0.126. The van der Waals surface area contributed by atoms with Crippen LogP contribution in [0.1, 0.15) is 16.7 Å². The van der Waals surface area contributed by atoms with Gasteiger partial charge in [0, 0.05) is 10.4 Å². The van der Waals surface area contributed by atoms with E-state index in [0.29, 0.717) is 15.6 Å². The lowest BCUT2D eigenvalue weighted by molar-refractivity contribution is -0.139. The monoisotopic (exact) mass is 301 g/mol. The molecule has 0 saturated heterocycles. The summed E-state index contributed by atoms with van der Waals surface area (Å²) in [4.78, 5) is 11.2. The van der Waals surface area contributed by atoms with Gasteiger partial charge in [0.05, 0.1) is 19.1 Å². The van der Waals surface area contributed by atoms with Crippen LogP contribution in [0.3, 0.4) is 0 Å².